The Kier molecular flexibility index (Phi) is 2.21. The maximum atomic E-state index is 5.86. The van der Waals surface area contributed by atoms with Crippen LogP contribution in [-0.2, 0) is 13.1 Å². The molecular formula is C10H17N5. The van der Waals surface area contributed by atoms with Crippen LogP contribution in [0.5, 0.6) is 0 Å². The van der Waals surface area contributed by atoms with Gasteiger partial charge < -0.3 is 10.3 Å². The zero-order valence-electron chi connectivity index (χ0n) is 8.84. The van der Waals surface area contributed by atoms with Gasteiger partial charge in [0.25, 0.3) is 0 Å². The first-order chi connectivity index (χ1) is 7.38. The number of nitrogens with two attached hydrogens (primary N) is 1. The van der Waals surface area contributed by atoms with Crippen LogP contribution >= 0.6 is 0 Å². The molecule has 1 aliphatic carbocycles. The van der Waals surface area contributed by atoms with Crippen LogP contribution in [0.25, 0.3) is 0 Å². The van der Waals surface area contributed by atoms with Crippen molar-refractivity contribution < 1.29 is 0 Å². The summed E-state index contributed by atoms with van der Waals surface area (Å²) >= 11 is 0. The van der Waals surface area contributed by atoms with E-state index in [1.54, 1.807) is 0 Å². The summed E-state index contributed by atoms with van der Waals surface area (Å²) in [5.41, 5.74) is 5.86. The number of aromatic nitrogens is 3. The predicted molar refractivity (Wildman–Crippen MR) is 56.0 cm³/mol. The molecule has 0 amide bonds. The van der Waals surface area contributed by atoms with Crippen LogP contribution in [0.15, 0.2) is 6.33 Å². The van der Waals surface area contributed by atoms with Crippen molar-refractivity contribution in [1.29, 1.82) is 0 Å². The molecule has 0 bridgehead atoms. The first kappa shape index (κ1) is 9.30. The molecule has 1 unspecified atom stereocenters. The molecule has 0 aromatic carbocycles. The van der Waals surface area contributed by atoms with E-state index in [0.717, 1.165) is 37.9 Å². The Morgan fingerprint density at radius 3 is 3.07 bits per heavy atom. The molecule has 3 rings (SSSR count). The van der Waals surface area contributed by atoms with Crippen LogP contribution in [0, 0.1) is 5.92 Å². The van der Waals surface area contributed by atoms with Crippen molar-refractivity contribution in [2.24, 2.45) is 11.7 Å². The SMILES string of the molecule is NCC(C1CC1)N1CCn2cnnc2C1. The van der Waals surface area contributed by atoms with Crippen molar-refractivity contribution in [3.05, 3.63) is 12.2 Å². The monoisotopic (exact) mass is 207 g/mol. The van der Waals surface area contributed by atoms with E-state index in [-0.39, 0.29) is 0 Å². The summed E-state index contributed by atoms with van der Waals surface area (Å²) in [7, 11) is 0. The van der Waals surface area contributed by atoms with Gasteiger partial charge in [-0.3, -0.25) is 4.90 Å². The van der Waals surface area contributed by atoms with E-state index < -0.39 is 0 Å². The van der Waals surface area contributed by atoms with Gasteiger partial charge in [0.1, 0.15) is 12.2 Å². The molecular weight excluding hydrogens is 190 g/mol. The number of fused-ring (bicyclic) bond motifs is 1. The number of hydrogen-bond donors (Lipinski definition) is 1. The molecule has 5 heteroatoms. The third-order valence-corrected chi connectivity index (χ3v) is 3.55. The fourth-order valence-electron chi connectivity index (χ4n) is 2.49. The van der Waals surface area contributed by atoms with Crippen LogP contribution in [0.4, 0.5) is 0 Å². The van der Waals surface area contributed by atoms with E-state index in [0.29, 0.717) is 6.04 Å². The summed E-state index contributed by atoms with van der Waals surface area (Å²) in [5, 5.41) is 8.07. The van der Waals surface area contributed by atoms with Crippen LogP contribution in [0.3, 0.4) is 0 Å². The Hall–Kier alpha value is -0.940. The van der Waals surface area contributed by atoms with E-state index >= 15 is 0 Å². The van der Waals surface area contributed by atoms with E-state index in [1.165, 1.54) is 12.8 Å². The zero-order chi connectivity index (χ0) is 10.3. The molecule has 5 nitrogen and oxygen atoms in total. The Balaban J connectivity index is 1.74. The molecule has 15 heavy (non-hydrogen) atoms. The summed E-state index contributed by atoms with van der Waals surface area (Å²) in [6, 6.07) is 0.565. The molecule has 82 valence electrons. The molecule has 2 heterocycles. The first-order valence-corrected chi connectivity index (χ1v) is 5.69. The lowest BCUT2D eigenvalue weighted by Crippen LogP contribution is -2.46. The minimum absolute atomic E-state index is 0.565. The second-order valence-corrected chi connectivity index (χ2v) is 4.55. The molecule has 1 aliphatic heterocycles. The average Bonchev–Trinajstić information content (AvgIpc) is 2.97. The minimum atomic E-state index is 0.565. The van der Waals surface area contributed by atoms with Gasteiger partial charge in [-0.05, 0) is 18.8 Å². The standard InChI is InChI=1S/C10H17N5/c11-5-9(8-1-2-8)14-3-4-15-7-12-13-10(15)6-14/h7-9H,1-6,11H2. The molecule has 0 saturated heterocycles. The molecule has 1 saturated carbocycles. The Labute approximate surface area is 89.3 Å². The Bertz CT molecular complexity index is 343. The van der Waals surface area contributed by atoms with E-state index in [4.69, 9.17) is 5.73 Å². The van der Waals surface area contributed by atoms with Gasteiger partial charge in [-0.2, -0.15) is 0 Å². The van der Waals surface area contributed by atoms with Crippen molar-refractivity contribution in [2.75, 3.05) is 13.1 Å². The molecule has 1 atom stereocenters. The summed E-state index contributed by atoms with van der Waals surface area (Å²) in [5.74, 6) is 1.92. The largest absolute Gasteiger partial charge is 0.329 e. The lowest BCUT2D eigenvalue weighted by atomic mass is 10.1. The molecule has 2 N–H and O–H groups in total. The van der Waals surface area contributed by atoms with E-state index in [1.807, 2.05) is 6.33 Å². The molecule has 0 spiro atoms. The second kappa shape index (κ2) is 3.57. The summed E-state index contributed by atoms with van der Waals surface area (Å²) in [6.07, 6.45) is 4.53. The normalized spacial score (nSPS) is 23.8. The van der Waals surface area contributed by atoms with Gasteiger partial charge in [0.05, 0.1) is 6.54 Å². The fourth-order valence-corrected chi connectivity index (χ4v) is 2.49. The van der Waals surface area contributed by atoms with Gasteiger partial charge in [0, 0.05) is 25.7 Å². The molecule has 1 aromatic heterocycles. The maximum absolute atomic E-state index is 5.86. The number of rotatable bonds is 3. The van der Waals surface area contributed by atoms with Crippen molar-refractivity contribution in [3.8, 4) is 0 Å². The maximum Gasteiger partial charge on any atom is 0.147 e. The second-order valence-electron chi connectivity index (χ2n) is 4.55. The van der Waals surface area contributed by atoms with Crippen molar-refractivity contribution in [1.82, 2.24) is 19.7 Å². The summed E-state index contributed by atoms with van der Waals surface area (Å²) < 4.78 is 2.14. The molecule has 1 fully saturated rings. The van der Waals surface area contributed by atoms with E-state index in [2.05, 4.69) is 19.7 Å². The smallest absolute Gasteiger partial charge is 0.147 e. The first-order valence-electron chi connectivity index (χ1n) is 5.69. The van der Waals surface area contributed by atoms with Crippen molar-refractivity contribution >= 4 is 0 Å². The summed E-state index contributed by atoms with van der Waals surface area (Å²) in [4.78, 5) is 2.47. The third-order valence-electron chi connectivity index (χ3n) is 3.55. The quantitative estimate of drug-likeness (QED) is 0.747. The molecule has 2 aliphatic rings. The van der Waals surface area contributed by atoms with E-state index in [9.17, 15) is 0 Å². The van der Waals surface area contributed by atoms with Crippen LogP contribution in [-0.4, -0.2) is 38.8 Å². The Morgan fingerprint density at radius 1 is 1.47 bits per heavy atom. The lowest BCUT2D eigenvalue weighted by Gasteiger charge is -2.33. The van der Waals surface area contributed by atoms with Crippen LogP contribution < -0.4 is 5.73 Å². The third kappa shape index (κ3) is 1.66. The zero-order valence-corrected chi connectivity index (χ0v) is 8.84. The number of nitrogens with zero attached hydrogens (tertiary/aromatic N) is 4. The van der Waals surface area contributed by atoms with Crippen molar-refractivity contribution in [2.45, 2.75) is 32.0 Å². The van der Waals surface area contributed by atoms with Gasteiger partial charge in [-0.1, -0.05) is 0 Å². The summed E-state index contributed by atoms with van der Waals surface area (Å²) in [6.45, 7) is 3.78. The van der Waals surface area contributed by atoms with Gasteiger partial charge in [-0.25, -0.2) is 0 Å². The highest BCUT2D eigenvalue weighted by Gasteiger charge is 2.35. The van der Waals surface area contributed by atoms with Crippen LogP contribution in [0.1, 0.15) is 18.7 Å². The van der Waals surface area contributed by atoms with Gasteiger partial charge in [0.15, 0.2) is 0 Å². The van der Waals surface area contributed by atoms with Gasteiger partial charge in [-0.15, -0.1) is 10.2 Å². The number of hydrogen-bond acceptors (Lipinski definition) is 4. The minimum Gasteiger partial charge on any atom is -0.329 e. The highest BCUT2D eigenvalue weighted by atomic mass is 15.3. The highest BCUT2D eigenvalue weighted by Crippen LogP contribution is 2.35. The van der Waals surface area contributed by atoms with Gasteiger partial charge in [0.2, 0.25) is 0 Å². The fraction of sp³-hybridized carbons (Fsp3) is 0.800. The van der Waals surface area contributed by atoms with Crippen molar-refractivity contribution in [3.63, 3.8) is 0 Å². The van der Waals surface area contributed by atoms with Gasteiger partial charge >= 0.3 is 0 Å². The predicted octanol–water partition coefficient (Wildman–Crippen LogP) is -0.169. The van der Waals surface area contributed by atoms with Crippen LogP contribution in [0.2, 0.25) is 0 Å². The highest BCUT2D eigenvalue weighted by molar-refractivity contribution is 4.96. The molecule has 1 aromatic rings. The topological polar surface area (TPSA) is 60.0 Å². The Morgan fingerprint density at radius 2 is 2.33 bits per heavy atom. The lowest BCUT2D eigenvalue weighted by molar-refractivity contribution is 0.140. The molecule has 0 radical (unpaired) electrons. The average molecular weight is 207 g/mol.